The first-order chi connectivity index (χ1) is 11.6. The number of rotatable bonds is 5. The van der Waals surface area contributed by atoms with Gasteiger partial charge in [0.2, 0.25) is 5.91 Å². The van der Waals surface area contributed by atoms with Gasteiger partial charge in [0, 0.05) is 23.7 Å². The van der Waals surface area contributed by atoms with Crippen molar-refractivity contribution in [1.29, 1.82) is 0 Å². The normalized spacial score (nSPS) is 18.5. The third-order valence-electron chi connectivity index (χ3n) is 4.17. The molecule has 3 rings (SSSR count). The Labute approximate surface area is 145 Å². The average molecular weight is 349 g/mol. The summed E-state index contributed by atoms with van der Waals surface area (Å²) in [5.74, 6) is -0.0487. The van der Waals surface area contributed by atoms with E-state index in [1.54, 1.807) is 6.20 Å². The summed E-state index contributed by atoms with van der Waals surface area (Å²) in [5, 5.41) is 20.3. The SMILES string of the molecule is O=C(CN1CCCC(O)C1)NCc1cn[nH]c1-c1ccc(Cl)cc1. The van der Waals surface area contributed by atoms with Gasteiger partial charge in [0.1, 0.15) is 0 Å². The molecule has 2 heterocycles. The summed E-state index contributed by atoms with van der Waals surface area (Å²) >= 11 is 5.91. The lowest BCUT2D eigenvalue weighted by Crippen LogP contribution is -2.44. The second kappa shape index (κ2) is 7.79. The van der Waals surface area contributed by atoms with E-state index >= 15 is 0 Å². The van der Waals surface area contributed by atoms with Crippen LogP contribution in [-0.2, 0) is 11.3 Å². The van der Waals surface area contributed by atoms with Crippen LogP contribution in [0.3, 0.4) is 0 Å². The number of aliphatic hydroxyl groups excluding tert-OH is 1. The third kappa shape index (κ3) is 4.35. The zero-order valence-corrected chi connectivity index (χ0v) is 14.1. The summed E-state index contributed by atoms with van der Waals surface area (Å²) in [6.07, 6.45) is 3.14. The maximum absolute atomic E-state index is 12.1. The van der Waals surface area contributed by atoms with Crippen LogP contribution in [-0.4, -0.2) is 51.8 Å². The fourth-order valence-corrected chi connectivity index (χ4v) is 3.07. The van der Waals surface area contributed by atoms with Crippen molar-refractivity contribution in [2.24, 2.45) is 0 Å². The zero-order chi connectivity index (χ0) is 16.9. The maximum atomic E-state index is 12.1. The Morgan fingerprint density at radius 1 is 1.42 bits per heavy atom. The van der Waals surface area contributed by atoms with Crippen LogP contribution in [0.1, 0.15) is 18.4 Å². The number of nitrogens with zero attached hydrogens (tertiary/aromatic N) is 2. The fourth-order valence-electron chi connectivity index (χ4n) is 2.94. The highest BCUT2D eigenvalue weighted by atomic mass is 35.5. The highest BCUT2D eigenvalue weighted by Gasteiger charge is 2.19. The Hall–Kier alpha value is -1.89. The van der Waals surface area contributed by atoms with E-state index in [4.69, 9.17) is 11.6 Å². The fraction of sp³-hybridized carbons (Fsp3) is 0.412. The van der Waals surface area contributed by atoms with Gasteiger partial charge in [0.05, 0.1) is 24.5 Å². The van der Waals surface area contributed by atoms with Crippen LogP contribution in [0.25, 0.3) is 11.3 Å². The number of hydrogen-bond acceptors (Lipinski definition) is 4. The molecule has 3 N–H and O–H groups in total. The van der Waals surface area contributed by atoms with Crippen molar-refractivity contribution in [3.63, 3.8) is 0 Å². The van der Waals surface area contributed by atoms with Crippen molar-refractivity contribution in [2.75, 3.05) is 19.6 Å². The molecule has 2 aromatic rings. The van der Waals surface area contributed by atoms with Crippen molar-refractivity contribution in [1.82, 2.24) is 20.4 Å². The van der Waals surface area contributed by atoms with E-state index in [0.29, 0.717) is 24.7 Å². The lowest BCUT2D eigenvalue weighted by molar-refractivity contribution is -0.123. The number of H-pyrrole nitrogens is 1. The number of hydrogen-bond donors (Lipinski definition) is 3. The van der Waals surface area contributed by atoms with Gasteiger partial charge in [0.15, 0.2) is 0 Å². The molecular formula is C17H21ClN4O2. The van der Waals surface area contributed by atoms with Gasteiger partial charge in [-0.15, -0.1) is 0 Å². The topological polar surface area (TPSA) is 81.2 Å². The van der Waals surface area contributed by atoms with E-state index in [1.165, 1.54) is 0 Å². The summed E-state index contributed by atoms with van der Waals surface area (Å²) in [7, 11) is 0. The molecule has 128 valence electrons. The summed E-state index contributed by atoms with van der Waals surface area (Å²) in [4.78, 5) is 14.1. The predicted molar refractivity (Wildman–Crippen MR) is 92.6 cm³/mol. The monoisotopic (exact) mass is 348 g/mol. The Kier molecular flexibility index (Phi) is 5.50. The molecule has 6 nitrogen and oxygen atoms in total. The summed E-state index contributed by atoms with van der Waals surface area (Å²) in [6.45, 7) is 2.14. The van der Waals surface area contributed by atoms with Gasteiger partial charge in [-0.25, -0.2) is 0 Å². The molecule has 1 atom stereocenters. The standard InChI is InChI=1S/C17H21ClN4O2/c18-14-5-3-12(4-6-14)17-13(9-20-21-17)8-19-16(24)11-22-7-1-2-15(23)10-22/h3-6,9,15,23H,1-2,7-8,10-11H2,(H,19,24)(H,20,21). The maximum Gasteiger partial charge on any atom is 0.234 e. The molecule has 1 aromatic heterocycles. The molecule has 1 aromatic carbocycles. The number of benzene rings is 1. The van der Waals surface area contributed by atoms with Gasteiger partial charge in [-0.2, -0.15) is 5.10 Å². The van der Waals surface area contributed by atoms with Crippen molar-refractivity contribution in [3.05, 3.63) is 41.0 Å². The van der Waals surface area contributed by atoms with Gasteiger partial charge in [0.25, 0.3) is 0 Å². The molecule has 7 heteroatoms. The van der Waals surface area contributed by atoms with E-state index < -0.39 is 0 Å². The largest absolute Gasteiger partial charge is 0.392 e. The van der Waals surface area contributed by atoms with E-state index in [2.05, 4.69) is 15.5 Å². The minimum atomic E-state index is -0.322. The number of β-amino-alcohol motifs (C(OH)–C–C–N with tert-alkyl or cyclic N) is 1. The number of nitrogens with one attached hydrogen (secondary N) is 2. The van der Waals surface area contributed by atoms with Crippen LogP contribution in [0.4, 0.5) is 0 Å². The molecule has 0 saturated carbocycles. The first kappa shape index (κ1) is 17.0. The highest BCUT2D eigenvalue weighted by molar-refractivity contribution is 6.30. The quantitative estimate of drug-likeness (QED) is 0.769. The van der Waals surface area contributed by atoms with Gasteiger partial charge in [-0.1, -0.05) is 23.7 Å². The van der Waals surface area contributed by atoms with Crippen LogP contribution in [0.15, 0.2) is 30.5 Å². The number of carbonyl (C=O) groups excluding carboxylic acids is 1. The molecule has 1 amide bonds. The van der Waals surface area contributed by atoms with Crippen LogP contribution in [0.5, 0.6) is 0 Å². The van der Waals surface area contributed by atoms with E-state index in [1.807, 2.05) is 29.2 Å². The molecule has 0 aliphatic carbocycles. The molecule has 0 bridgehead atoms. The van der Waals surface area contributed by atoms with Crippen LogP contribution in [0, 0.1) is 0 Å². The lowest BCUT2D eigenvalue weighted by Gasteiger charge is -2.29. The summed E-state index contributed by atoms with van der Waals surface area (Å²) in [5.41, 5.74) is 2.77. The first-order valence-corrected chi connectivity index (χ1v) is 8.45. The number of aromatic nitrogens is 2. The number of piperidine rings is 1. The van der Waals surface area contributed by atoms with Crippen molar-refractivity contribution < 1.29 is 9.90 Å². The molecule has 0 spiro atoms. The predicted octanol–water partition coefficient (Wildman–Crippen LogP) is 1.80. The van der Waals surface area contributed by atoms with Crippen LogP contribution in [0.2, 0.25) is 5.02 Å². The highest BCUT2D eigenvalue weighted by Crippen LogP contribution is 2.22. The van der Waals surface area contributed by atoms with Gasteiger partial charge < -0.3 is 10.4 Å². The molecular weight excluding hydrogens is 328 g/mol. The Morgan fingerprint density at radius 2 is 2.21 bits per heavy atom. The zero-order valence-electron chi connectivity index (χ0n) is 13.3. The summed E-state index contributed by atoms with van der Waals surface area (Å²) < 4.78 is 0. The second-order valence-corrected chi connectivity index (χ2v) is 6.52. The number of aromatic amines is 1. The molecule has 1 aliphatic heterocycles. The minimum absolute atomic E-state index is 0.0487. The summed E-state index contributed by atoms with van der Waals surface area (Å²) in [6, 6.07) is 7.47. The number of aliphatic hydroxyl groups is 1. The molecule has 1 aliphatic rings. The number of carbonyl (C=O) groups is 1. The Balaban J connectivity index is 1.56. The van der Waals surface area contributed by atoms with Gasteiger partial charge in [-0.05, 0) is 37.1 Å². The number of likely N-dealkylation sites (tertiary alicyclic amines) is 1. The second-order valence-electron chi connectivity index (χ2n) is 6.09. The van der Waals surface area contributed by atoms with E-state index in [-0.39, 0.29) is 12.0 Å². The number of halogens is 1. The van der Waals surface area contributed by atoms with Crippen LogP contribution < -0.4 is 5.32 Å². The van der Waals surface area contributed by atoms with Crippen molar-refractivity contribution in [3.8, 4) is 11.3 Å². The van der Waals surface area contributed by atoms with Gasteiger partial charge in [-0.3, -0.25) is 14.8 Å². The van der Waals surface area contributed by atoms with E-state index in [9.17, 15) is 9.90 Å². The lowest BCUT2D eigenvalue weighted by atomic mass is 10.1. The van der Waals surface area contributed by atoms with Gasteiger partial charge >= 0.3 is 0 Å². The Bertz CT molecular complexity index is 686. The van der Waals surface area contributed by atoms with E-state index in [0.717, 1.165) is 36.2 Å². The molecule has 1 unspecified atom stereocenters. The average Bonchev–Trinajstić information content (AvgIpc) is 3.02. The molecule has 1 saturated heterocycles. The van der Waals surface area contributed by atoms with Crippen molar-refractivity contribution in [2.45, 2.75) is 25.5 Å². The molecule has 1 fully saturated rings. The van der Waals surface area contributed by atoms with Crippen LogP contribution >= 0.6 is 11.6 Å². The molecule has 0 radical (unpaired) electrons. The van der Waals surface area contributed by atoms with Crippen molar-refractivity contribution >= 4 is 17.5 Å². The molecule has 24 heavy (non-hydrogen) atoms. The number of amides is 1. The third-order valence-corrected chi connectivity index (χ3v) is 4.43. The minimum Gasteiger partial charge on any atom is -0.392 e. The smallest absolute Gasteiger partial charge is 0.234 e. The first-order valence-electron chi connectivity index (χ1n) is 8.07. The Morgan fingerprint density at radius 3 is 2.96 bits per heavy atom.